The van der Waals surface area contributed by atoms with Crippen molar-refractivity contribution in [2.45, 2.75) is 0 Å². The van der Waals surface area contributed by atoms with Gasteiger partial charge in [0, 0.05) is 44.7 Å². The number of benzene rings is 4. The Hall–Kier alpha value is -4.82. The molecule has 0 radical (unpaired) electrons. The fourth-order valence-electron chi connectivity index (χ4n) is 4.21. The van der Waals surface area contributed by atoms with Crippen molar-refractivity contribution in [2.75, 3.05) is 5.32 Å². The quantitative estimate of drug-likeness (QED) is 0.222. The summed E-state index contributed by atoms with van der Waals surface area (Å²) in [4.78, 5) is 27.9. The van der Waals surface area contributed by atoms with Gasteiger partial charge in [0.1, 0.15) is 0 Å². The third-order valence-corrected chi connectivity index (χ3v) is 6.22. The Kier molecular flexibility index (Phi) is 5.09. The number of imidazole rings is 1. The van der Waals surface area contributed by atoms with E-state index in [1.165, 1.54) is 24.3 Å². The molecule has 6 rings (SSSR count). The zero-order chi connectivity index (χ0) is 24.8. The Bertz CT molecular complexity index is 1810. The first-order chi connectivity index (χ1) is 17.5. The number of hydrogen-bond acceptors (Lipinski definition) is 5. The number of fused-ring (bicyclic) bond motifs is 5. The Morgan fingerprint density at radius 2 is 1.64 bits per heavy atom. The summed E-state index contributed by atoms with van der Waals surface area (Å²) in [6.45, 7) is 0. The monoisotopic (exact) mass is 493 g/mol. The molecular formula is C27H16ClN5O3. The minimum Gasteiger partial charge on any atom is -0.322 e. The van der Waals surface area contributed by atoms with E-state index in [-0.39, 0.29) is 11.6 Å². The van der Waals surface area contributed by atoms with Gasteiger partial charge in [-0.15, -0.1) is 0 Å². The van der Waals surface area contributed by atoms with Crippen molar-refractivity contribution >= 4 is 56.3 Å². The molecule has 1 N–H and O–H groups in total. The van der Waals surface area contributed by atoms with Gasteiger partial charge in [0.15, 0.2) is 5.65 Å². The average molecular weight is 494 g/mol. The molecule has 9 heteroatoms. The minimum absolute atomic E-state index is 0.0755. The second-order valence-electron chi connectivity index (χ2n) is 8.21. The van der Waals surface area contributed by atoms with E-state index < -0.39 is 4.92 Å². The number of aromatic nitrogens is 3. The Labute approximate surface area is 208 Å². The van der Waals surface area contributed by atoms with E-state index in [9.17, 15) is 14.9 Å². The molecule has 8 nitrogen and oxygen atoms in total. The summed E-state index contributed by atoms with van der Waals surface area (Å²) in [6.07, 6.45) is 0. The van der Waals surface area contributed by atoms with Crippen LogP contribution in [0, 0.1) is 10.1 Å². The number of nitrogens with zero attached hydrogens (tertiary/aromatic N) is 4. The van der Waals surface area contributed by atoms with Gasteiger partial charge in [-0.05, 0) is 42.5 Å². The Morgan fingerprint density at radius 3 is 2.36 bits per heavy atom. The van der Waals surface area contributed by atoms with Crippen LogP contribution < -0.4 is 5.32 Å². The predicted octanol–water partition coefficient (Wildman–Crippen LogP) is 6.52. The summed E-state index contributed by atoms with van der Waals surface area (Å²) in [6, 6.07) is 26.3. The van der Waals surface area contributed by atoms with E-state index in [1.54, 1.807) is 10.6 Å². The van der Waals surface area contributed by atoms with Gasteiger partial charge in [-0.2, -0.15) is 5.10 Å². The number of nitrogens with one attached hydrogen (secondary N) is 1. The van der Waals surface area contributed by atoms with Gasteiger partial charge in [-0.3, -0.25) is 14.9 Å². The summed E-state index contributed by atoms with van der Waals surface area (Å²) in [7, 11) is 0. The average Bonchev–Trinajstić information content (AvgIpc) is 3.27. The number of non-ortho nitro benzene ring substituents is 1. The summed E-state index contributed by atoms with van der Waals surface area (Å²) >= 11 is 6.10. The number of nitro benzene ring substituents is 1. The van der Waals surface area contributed by atoms with Crippen LogP contribution in [0.3, 0.4) is 0 Å². The second kappa shape index (κ2) is 8.44. The molecule has 174 valence electrons. The highest BCUT2D eigenvalue weighted by atomic mass is 35.5. The number of hydrogen-bond donors (Lipinski definition) is 1. The van der Waals surface area contributed by atoms with Crippen molar-refractivity contribution in [1.82, 2.24) is 14.6 Å². The maximum absolute atomic E-state index is 12.7. The largest absolute Gasteiger partial charge is 0.322 e. The lowest BCUT2D eigenvalue weighted by atomic mass is 10.1. The molecule has 0 fully saturated rings. The fraction of sp³-hybridized carbons (Fsp3) is 0. The number of carbonyl (C=O) groups is 1. The van der Waals surface area contributed by atoms with Gasteiger partial charge < -0.3 is 5.32 Å². The SMILES string of the molecule is O=C(Nc1ccc2nc3c4ccccc4c(-c4ccc(Cl)cc4)nn3c2c1)c1ccc([N+](=O)[O-])cc1. The molecule has 0 bridgehead atoms. The first-order valence-corrected chi connectivity index (χ1v) is 11.4. The lowest BCUT2D eigenvalue weighted by Gasteiger charge is -2.09. The van der Waals surface area contributed by atoms with E-state index >= 15 is 0 Å². The highest BCUT2D eigenvalue weighted by Crippen LogP contribution is 2.32. The molecule has 36 heavy (non-hydrogen) atoms. The number of carbonyl (C=O) groups excluding carboxylic acids is 1. The number of anilines is 1. The highest BCUT2D eigenvalue weighted by molar-refractivity contribution is 6.30. The van der Waals surface area contributed by atoms with Crippen molar-refractivity contribution in [3.05, 3.63) is 112 Å². The van der Waals surface area contributed by atoms with Crippen LogP contribution in [0.4, 0.5) is 11.4 Å². The van der Waals surface area contributed by atoms with E-state index in [1.807, 2.05) is 60.7 Å². The van der Waals surface area contributed by atoms with Crippen LogP contribution in [0.1, 0.15) is 10.4 Å². The third-order valence-electron chi connectivity index (χ3n) is 5.97. The summed E-state index contributed by atoms with van der Waals surface area (Å²) in [5.41, 5.74) is 4.66. The van der Waals surface area contributed by atoms with E-state index in [0.717, 1.165) is 33.1 Å². The molecule has 0 atom stereocenters. The molecule has 0 unspecified atom stereocenters. The molecule has 2 heterocycles. The normalized spacial score (nSPS) is 11.2. The topological polar surface area (TPSA) is 102 Å². The van der Waals surface area contributed by atoms with Gasteiger partial charge in [0.05, 0.1) is 21.7 Å². The highest BCUT2D eigenvalue weighted by Gasteiger charge is 2.16. The Morgan fingerprint density at radius 1 is 0.917 bits per heavy atom. The van der Waals surface area contributed by atoms with Gasteiger partial charge in [0.2, 0.25) is 0 Å². The summed E-state index contributed by atoms with van der Waals surface area (Å²) < 4.78 is 1.78. The molecule has 6 aromatic rings. The lowest BCUT2D eigenvalue weighted by Crippen LogP contribution is -2.11. The molecule has 0 aliphatic rings. The third kappa shape index (κ3) is 3.70. The molecule has 0 aliphatic heterocycles. The van der Waals surface area contributed by atoms with E-state index in [0.29, 0.717) is 21.9 Å². The maximum Gasteiger partial charge on any atom is 0.269 e. The zero-order valence-corrected chi connectivity index (χ0v) is 19.3. The van der Waals surface area contributed by atoms with Gasteiger partial charge in [-0.1, -0.05) is 48.0 Å². The minimum atomic E-state index is -0.505. The van der Waals surface area contributed by atoms with Gasteiger partial charge in [0.25, 0.3) is 11.6 Å². The van der Waals surface area contributed by atoms with Crippen molar-refractivity contribution < 1.29 is 9.72 Å². The maximum atomic E-state index is 12.7. The number of rotatable bonds is 4. The Balaban J connectivity index is 1.46. The molecular weight excluding hydrogens is 478 g/mol. The fourth-order valence-corrected chi connectivity index (χ4v) is 4.34. The molecule has 0 aliphatic carbocycles. The van der Waals surface area contributed by atoms with Crippen LogP contribution in [0.15, 0.2) is 91.0 Å². The van der Waals surface area contributed by atoms with Crippen molar-refractivity contribution in [1.29, 1.82) is 0 Å². The first-order valence-electron chi connectivity index (χ1n) is 11.0. The van der Waals surface area contributed by atoms with Crippen molar-refractivity contribution in [2.24, 2.45) is 0 Å². The number of amides is 1. The van der Waals surface area contributed by atoms with Gasteiger partial charge >= 0.3 is 0 Å². The van der Waals surface area contributed by atoms with Crippen LogP contribution in [-0.2, 0) is 0 Å². The van der Waals surface area contributed by atoms with Gasteiger partial charge in [-0.25, -0.2) is 9.50 Å². The van der Waals surface area contributed by atoms with E-state index in [4.69, 9.17) is 21.7 Å². The summed E-state index contributed by atoms with van der Waals surface area (Å²) in [5.74, 6) is -0.377. The number of halogens is 1. The molecule has 0 spiro atoms. The predicted molar refractivity (Wildman–Crippen MR) is 139 cm³/mol. The standard InChI is InChI=1S/C27H16ClN5O3/c28-18-9-5-16(6-10-18)25-21-3-1-2-4-22(21)26-30-23-14-11-19(15-24(23)32(26)31-25)29-27(34)17-7-12-20(13-8-17)33(35)36/h1-15H,(H,29,34). The van der Waals surface area contributed by atoms with E-state index in [2.05, 4.69) is 5.32 Å². The second-order valence-corrected chi connectivity index (χ2v) is 8.65. The zero-order valence-electron chi connectivity index (χ0n) is 18.6. The molecule has 0 saturated carbocycles. The molecule has 1 amide bonds. The van der Waals surface area contributed by atoms with Crippen LogP contribution in [-0.4, -0.2) is 25.4 Å². The molecule has 0 saturated heterocycles. The smallest absolute Gasteiger partial charge is 0.269 e. The molecule has 4 aromatic carbocycles. The van der Waals surface area contributed by atoms with Crippen LogP contribution in [0.5, 0.6) is 0 Å². The van der Waals surface area contributed by atoms with Crippen LogP contribution in [0.2, 0.25) is 5.02 Å². The summed E-state index contributed by atoms with van der Waals surface area (Å²) in [5, 5.41) is 21.2. The lowest BCUT2D eigenvalue weighted by molar-refractivity contribution is -0.384. The van der Waals surface area contributed by atoms with Crippen LogP contribution in [0.25, 0.3) is 38.7 Å². The first kappa shape index (κ1) is 21.7. The number of nitro groups is 1. The molecule has 2 aromatic heterocycles. The van der Waals surface area contributed by atoms with Crippen LogP contribution >= 0.6 is 11.6 Å². The van der Waals surface area contributed by atoms with Crippen molar-refractivity contribution in [3.8, 4) is 11.3 Å². The van der Waals surface area contributed by atoms with Crippen molar-refractivity contribution in [3.63, 3.8) is 0 Å².